The largest absolute Gasteiger partial charge is 0.435 e. The van der Waals surface area contributed by atoms with E-state index in [1.54, 1.807) is 0 Å². The number of nitrogens with zero attached hydrogens (tertiary/aromatic N) is 2. The molecule has 2 aromatic rings. The van der Waals surface area contributed by atoms with Crippen LogP contribution >= 0.6 is 0 Å². The molecule has 3 unspecified atom stereocenters. The van der Waals surface area contributed by atoms with Crippen molar-refractivity contribution < 1.29 is 33.6 Å². The van der Waals surface area contributed by atoms with E-state index in [2.05, 4.69) is 67.3 Å². The van der Waals surface area contributed by atoms with Gasteiger partial charge in [-0.25, -0.2) is 9.78 Å². The summed E-state index contributed by atoms with van der Waals surface area (Å²) in [5.41, 5.74) is 1.78. The lowest BCUT2D eigenvalue weighted by Crippen LogP contribution is -2.70. The minimum atomic E-state index is -0.884. The van der Waals surface area contributed by atoms with E-state index in [0.29, 0.717) is 19.0 Å². The van der Waals surface area contributed by atoms with Gasteiger partial charge in [-0.3, -0.25) is 14.5 Å². The number of esters is 1. The van der Waals surface area contributed by atoms with Crippen molar-refractivity contribution in [1.82, 2.24) is 9.80 Å². The highest BCUT2D eigenvalue weighted by atomic mass is 17.3. The predicted molar refractivity (Wildman–Crippen MR) is 165 cm³/mol. The van der Waals surface area contributed by atoms with E-state index in [9.17, 15) is 9.59 Å². The van der Waals surface area contributed by atoms with E-state index in [0.717, 1.165) is 38.8 Å². The molecule has 0 aromatic heterocycles. The third-order valence-electron chi connectivity index (χ3n) is 11.2. The number of rotatable bonds is 7. The van der Waals surface area contributed by atoms with Crippen molar-refractivity contribution in [2.45, 2.75) is 89.3 Å². The first-order valence-corrected chi connectivity index (χ1v) is 16.8. The van der Waals surface area contributed by atoms with Crippen LogP contribution in [0.3, 0.4) is 0 Å². The molecule has 5 saturated heterocycles. The Morgan fingerprint density at radius 2 is 1.53 bits per heavy atom. The van der Waals surface area contributed by atoms with Crippen molar-refractivity contribution in [3.05, 3.63) is 71.8 Å². The fourth-order valence-corrected chi connectivity index (χ4v) is 8.68. The lowest BCUT2D eigenvalue weighted by atomic mass is 9.58. The standard InChI is InChI=1S/C36H46N2O7/c1-24-14-15-29-25(2)33(42-34-36(29)28(24)18-19-35(3,43-34)44-45-36)41-31(40)17-16-30(39)37-20-22-38(23-21-37)32(26-10-6-4-7-11-26)27-12-8-5-9-13-27/h4-13,24-25,28-29,32-34H,14-23H2,1-3H3/t24-,25-,28?,29-,33?,34-,35?,36-/m1/s1. The molecule has 2 aromatic carbocycles. The van der Waals surface area contributed by atoms with Crippen LogP contribution in [0, 0.1) is 23.7 Å². The zero-order chi connectivity index (χ0) is 31.2. The third-order valence-corrected chi connectivity index (χ3v) is 11.2. The van der Waals surface area contributed by atoms with Crippen molar-refractivity contribution in [2.75, 3.05) is 26.2 Å². The van der Waals surface area contributed by atoms with Gasteiger partial charge in [0, 0.05) is 50.9 Å². The Hall–Kier alpha value is -2.82. The second-order valence-corrected chi connectivity index (χ2v) is 13.9. The highest BCUT2D eigenvalue weighted by molar-refractivity contribution is 5.81. The van der Waals surface area contributed by atoms with Gasteiger partial charge in [0.2, 0.25) is 18.0 Å². The van der Waals surface area contributed by atoms with Gasteiger partial charge in [-0.1, -0.05) is 74.5 Å². The number of hydrogen-bond donors (Lipinski definition) is 0. The van der Waals surface area contributed by atoms with E-state index < -0.39 is 29.9 Å². The van der Waals surface area contributed by atoms with Crippen LogP contribution in [-0.4, -0.2) is 71.8 Å². The number of piperazine rings is 1. The van der Waals surface area contributed by atoms with Crippen LogP contribution < -0.4 is 0 Å². The summed E-state index contributed by atoms with van der Waals surface area (Å²) in [6.45, 7) is 8.97. The van der Waals surface area contributed by atoms with Gasteiger partial charge in [-0.15, -0.1) is 0 Å². The summed E-state index contributed by atoms with van der Waals surface area (Å²) in [7, 11) is 0. The summed E-state index contributed by atoms with van der Waals surface area (Å²) in [5, 5.41) is 0. The summed E-state index contributed by atoms with van der Waals surface area (Å²) >= 11 is 0. The number of carbonyl (C=O) groups is 2. The van der Waals surface area contributed by atoms with Crippen LogP contribution in [0.4, 0.5) is 0 Å². The minimum absolute atomic E-state index is 0.0145. The molecule has 5 aliphatic heterocycles. The molecule has 1 aliphatic carbocycles. The smallest absolute Gasteiger partial charge is 0.308 e. The number of carbonyl (C=O) groups excluding carboxylic acids is 2. The van der Waals surface area contributed by atoms with Crippen LogP contribution in [0.2, 0.25) is 0 Å². The topological polar surface area (TPSA) is 86.8 Å². The fourth-order valence-electron chi connectivity index (χ4n) is 8.68. The second kappa shape index (κ2) is 12.4. The molecule has 1 amide bonds. The molecule has 9 heteroatoms. The van der Waals surface area contributed by atoms with E-state index in [1.807, 2.05) is 24.0 Å². The quantitative estimate of drug-likeness (QED) is 0.299. The van der Waals surface area contributed by atoms with E-state index in [1.165, 1.54) is 11.1 Å². The molecule has 1 saturated carbocycles. The molecular weight excluding hydrogens is 572 g/mol. The van der Waals surface area contributed by atoms with Crippen LogP contribution in [0.5, 0.6) is 0 Å². The fraction of sp³-hybridized carbons (Fsp3) is 0.611. The van der Waals surface area contributed by atoms with Crippen molar-refractivity contribution in [2.24, 2.45) is 23.7 Å². The zero-order valence-electron chi connectivity index (χ0n) is 26.6. The number of benzene rings is 2. The summed E-state index contributed by atoms with van der Waals surface area (Å²) in [6, 6.07) is 21.2. The average Bonchev–Trinajstić information content (AvgIpc) is 3.29. The number of ether oxygens (including phenoxy) is 3. The first-order valence-electron chi connectivity index (χ1n) is 16.8. The molecule has 6 aliphatic rings. The van der Waals surface area contributed by atoms with Crippen molar-refractivity contribution in [3.8, 4) is 0 Å². The maximum Gasteiger partial charge on any atom is 0.308 e. The Morgan fingerprint density at radius 3 is 2.20 bits per heavy atom. The van der Waals surface area contributed by atoms with Gasteiger partial charge in [0.15, 0.2) is 11.9 Å². The Labute approximate surface area is 266 Å². The Bertz CT molecular complexity index is 1310. The summed E-state index contributed by atoms with van der Waals surface area (Å²) in [4.78, 5) is 42.7. The molecule has 1 spiro atoms. The zero-order valence-corrected chi connectivity index (χ0v) is 26.6. The van der Waals surface area contributed by atoms with Crippen LogP contribution in [0.1, 0.15) is 76.5 Å². The van der Waals surface area contributed by atoms with Crippen LogP contribution in [0.15, 0.2) is 60.7 Å². The molecular formula is C36H46N2O7. The molecule has 0 N–H and O–H groups in total. The van der Waals surface area contributed by atoms with E-state index >= 15 is 0 Å². The van der Waals surface area contributed by atoms with Crippen molar-refractivity contribution in [3.63, 3.8) is 0 Å². The van der Waals surface area contributed by atoms with Gasteiger partial charge >= 0.3 is 5.97 Å². The summed E-state index contributed by atoms with van der Waals surface area (Å²) in [6.07, 6.45) is 2.38. The molecule has 5 heterocycles. The molecule has 8 atom stereocenters. The average molecular weight is 619 g/mol. The lowest BCUT2D eigenvalue weighted by molar-refractivity contribution is -0.576. The molecule has 0 radical (unpaired) electrons. The number of amides is 1. The van der Waals surface area contributed by atoms with Gasteiger partial charge in [-0.05, 0) is 49.1 Å². The monoisotopic (exact) mass is 618 g/mol. The third kappa shape index (κ3) is 5.71. The molecule has 2 bridgehead atoms. The predicted octanol–water partition coefficient (Wildman–Crippen LogP) is 5.45. The minimum Gasteiger partial charge on any atom is -0.435 e. The Kier molecular flexibility index (Phi) is 8.50. The van der Waals surface area contributed by atoms with Gasteiger partial charge in [-0.2, -0.15) is 0 Å². The maximum absolute atomic E-state index is 13.2. The van der Waals surface area contributed by atoms with Crippen molar-refractivity contribution >= 4 is 11.9 Å². The first-order chi connectivity index (χ1) is 21.8. The van der Waals surface area contributed by atoms with Crippen LogP contribution in [0.25, 0.3) is 0 Å². The van der Waals surface area contributed by atoms with E-state index in [-0.39, 0.29) is 42.5 Å². The van der Waals surface area contributed by atoms with Crippen molar-refractivity contribution in [1.29, 1.82) is 0 Å². The van der Waals surface area contributed by atoms with Gasteiger partial charge in [0.25, 0.3) is 0 Å². The highest BCUT2D eigenvalue weighted by Gasteiger charge is 2.69. The number of hydrogen-bond acceptors (Lipinski definition) is 8. The van der Waals surface area contributed by atoms with E-state index in [4.69, 9.17) is 24.0 Å². The second-order valence-electron chi connectivity index (χ2n) is 13.9. The highest BCUT2D eigenvalue weighted by Crippen LogP contribution is 2.60. The van der Waals surface area contributed by atoms with Gasteiger partial charge in [0.05, 0.1) is 12.5 Å². The summed E-state index contributed by atoms with van der Waals surface area (Å²) < 4.78 is 18.7. The molecule has 8 rings (SSSR count). The first kappa shape index (κ1) is 30.8. The van der Waals surface area contributed by atoms with Gasteiger partial charge in [0.1, 0.15) is 0 Å². The normalized spacial score (nSPS) is 36.3. The molecule has 242 valence electrons. The van der Waals surface area contributed by atoms with Gasteiger partial charge < -0.3 is 19.1 Å². The van der Waals surface area contributed by atoms with Crippen LogP contribution in [-0.2, 0) is 33.6 Å². The SMILES string of the molecule is C[C@@H]1CC[C@@H]2[C@@H](C)C(OC(=O)CCC(=O)N3CCN(C(c4ccccc4)c4ccccc4)CC3)O[C@@H]3OC4(C)CCC1[C@]32OO4. The summed E-state index contributed by atoms with van der Waals surface area (Å²) in [5.74, 6) is -0.643. The lowest BCUT2D eigenvalue weighted by Gasteiger charge is -2.59. The Balaban J connectivity index is 0.942. The number of fused-ring (bicyclic) bond motifs is 2. The Morgan fingerprint density at radius 1 is 0.867 bits per heavy atom. The molecule has 45 heavy (non-hydrogen) atoms. The molecule has 9 nitrogen and oxygen atoms in total. The maximum atomic E-state index is 13.2. The molecule has 6 fully saturated rings.